The van der Waals surface area contributed by atoms with Crippen molar-refractivity contribution in [2.75, 3.05) is 6.54 Å². The van der Waals surface area contributed by atoms with Crippen molar-refractivity contribution in [3.63, 3.8) is 0 Å². The normalized spacial score (nSPS) is 18.0. The third kappa shape index (κ3) is 2.86. The summed E-state index contributed by atoms with van der Waals surface area (Å²) in [7, 11) is 0. The van der Waals surface area contributed by atoms with E-state index in [2.05, 4.69) is 67.5 Å². The van der Waals surface area contributed by atoms with Gasteiger partial charge in [0.25, 0.3) is 0 Å². The van der Waals surface area contributed by atoms with E-state index in [0.717, 1.165) is 24.4 Å². The van der Waals surface area contributed by atoms with Crippen molar-refractivity contribution in [2.24, 2.45) is 0 Å². The quantitative estimate of drug-likeness (QED) is 0.892. The van der Waals surface area contributed by atoms with Gasteiger partial charge in [-0.1, -0.05) is 37.3 Å². The number of fused-ring (bicyclic) bond motifs is 1. The summed E-state index contributed by atoms with van der Waals surface area (Å²) in [5.41, 5.74) is 6.68. The Morgan fingerprint density at radius 2 is 2.00 bits per heavy atom. The summed E-state index contributed by atoms with van der Waals surface area (Å²) in [5, 5.41) is 3.65. The van der Waals surface area contributed by atoms with Crippen molar-refractivity contribution < 1.29 is 0 Å². The number of benzene rings is 1. The van der Waals surface area contributed by atoms with Crippen molar-refractivity contribution in [2.45, 2.75) is 45.6 Å². The van der Waals surface area contributed by atoms with Gasteiger partial charge in [0, 0.05) is 17.4 Å². The Hall–Kier alpha value is -1.67. The van der Waals surface area contributed by atoms with Gasteiger partial charge in [-0.05, 0) is 61.9 Å². The van der Waals surface area contributed by atoms with Gasteiger partial charge in [-0.15, -0.1) is 0 Å². The fraction of sp³-hybridized carbons (Fsp3) is 0.421. The zero-order valence-corrected chi connectivity index (χ0v) is 13.2. The first-order valence-electron chi connectivity index (χ1n) is 7.94. The van der Waals surface area contributed by atoms with Crippen LogP contribution in [0.2, 0.25) is 0 Å². The number of pyridine rings is 1. The van der Waals surface area contributed by atoms with E-state index < -0.39 is 0 Å². The van der Waals surface area contributed by atoms with Crippen LogP contribution in [-0.4, -0.2) is 11.5 Å². The molecule has 0 fully saturated rings. The van der Waals surface area contributed by atoms with E-state index in [1.54, 1.807) is 0 Å². The summed E-state index contributed by atoms with van der Waals surface area (Å²) in [5.74, 6) is 0.686. The first-order valence-corrected chi connectivity index (χ1v) is 7.94. The molecule has 0 aliphatic heterocycles. The molecule has 3 rings (SSSR count). The standard InChI is InChI=1S/C19H24N2/c1-4-20-19(17-10-9-13(2)21-14(17)3)12-16-11-15-7-5-6-8-18(15)16/h5-10,16,19-20H,4,11-12H2,1-3H3. The fourth-order valence-corrected chi connectivity index (χ4v) is 3.49. The third-order valence-electron chi connectivity index (χ3n) is 4.57. The second kappa shape index (κ2) is 5.98. The molecule has 0 saturated heterocycles. The Kier molecular flexibility index (Phi) is 4.07. The van der Waals surface area contributed by atoms with Crippen LogP contribution in [0.5, 0.6) is 0 Å². The number of hydrogen-bond donors (Lipinski definition) is 1. The largest absolute Gasteiger partial charge is 0.310 e. The van der Waals surface area contributed by atoms with Crippen LogP contribution in [0.25, 0.3) is 0 Å². The SMILES string of the molecule is CCNC(CC1Cc2ccccc21)c1ccc(C)nc1C. The second-order valence-electron chi connectivity index (χ2n) is 6.07. The van der Waals surface area contributed by atoms with Crippen LogP contribution in [-0.2, 0) is 6.42 Å². The lowest BCUT2D eigenvalue weighted by Crippen LogP contribution is -2.27. The average molecular weight is 280 g/mol. The molecule has 1 aliphatic carbocycles. The highest BCUT2D eigenvalue weighted by Crippen LogP contribution is 2.40. The van der Waals surface area contributed by atoms with Crippen LogP contribution in [0, 0.1) is 13.8 Å². The molecule has 0 bridgehead atoms. The summed E-state index contributed by atoms with van der Waals surface area (Å²) < 4.78 is 0. The molecular weight excluding hydrogens is 256 g/mol. The smallest absolute Gasteiger partial charge is 0.0423 e. The van der Waals surface area contributed by atoms with E-state index in [1.807, 2.05) is 0 Å². The van der Waals surface area contributed by atoms with E-state index in [-0.39, 0.29) is 0 Å². The topological polar surface area (TPSA) is 24.9 Å². The Morgan fingerprint density at radius 3 is 2.71 bits per heavy atom. The molecule has 2 atom stereocenters. The number of nitrogens with one attached hydrogen (secondary N) is 1. The minimum absolute atomic E-state index is 0.404. The van der Waals surface area contributed by atoms with E-state index in [9.17, 15) is 0 Å². The van der Waals surface area contributed by atoms with Gasteiger partial charge in [-0.2, -0.15) is 0 Å². The molecule has 1 aromatic carbocycles. The van der Waals surface area contributed by atoms with E-state index in [4.69, 9.17) is 0 Å². The third-order valence-corrected chi connectivity index (χ3v) is 4.57. The molecule has 0 radical (unpaired) electrons. The summed E-state index contributed by atoms with van der Waals surface area (Å²) in [6, 6.07) is 13.6. The molecule has 0 amide bonds. The average Bonchev–Trinajstić information content (AvgIpc) is 2.44. The molecule has 2 aromatic rings. The molecule has 2 heteroatoms. The first kappa shape index (κ1) is 14.3. The van der Waals surface area contributed by atoms with Crippen LogP contribution in [0.15, 0.2) is 36.4 Å². The predicted octanol–water partition coefficient (Wildman–Crippen LogP) is 4.08. The van der Waals surface area contributed by atoms with Gasteiger partial charge in [0.15, 0.2) is 0 Å². The zero-order chi connectivity index (χ0) is 14.8. The first-order chi connectivity index (χ1) is 10.2. The molecule has 21 heavy (non-hydrogen) atoms. The van der Waals surface area contributed by atoms with Crippen molar-refractivity contribution >= 4 is 0 Å². The second-order valence-corrected chi connectivity index (χ2v) is 6.07. The summed E-state index contributed by atoms with van der Waals surface area (Å²) in [6.07, 6.45) is 2.38. The highest BCUT2D eigenvalue weighted by Gasteiger charge is 2.28. The molecule has 0 saturated carbocycles. The van der Waals surface area contributed by atoms with Gasteiger partial charge in [-0.3, -0.25) is 4.98 Å². The summed E-state index contributed by atoms with van der Waals surface area (Å²) in [6.45, 7) is 7.35. The maximum absolute atomic E-state index is 4.63. The zero-order valence-electron chi connectivity index (χ0n) is 13.2. The lowest BCUT2D eigenvalue weighted by atomic mass is 9.73. The number of aryl methyl sites for hydroxylation is 2. The number of rotatable bonds is 5. The number of hydrogen-bond acceptors (Lipinski definition) is 2. The Balaban J connectivity index is 1.80. The van der Waals surface area contributed by atoms with Crippen LogP contribution in [0.4, 0.5) is 0 Å². The maximum Gasteiger partial charge on any atom is 0.0423 e. The van der Waals surface area contributed by atoms with E-state index in [1.165, 1.54) is 23.1 Å². The fourth-order valence-electron chi connectivity index (χ4n) is 3.49. The molecule has 1 aromatic heterocycles. The lowest BCUT2D eigenvalue weighted by Gasteiger charge is -2.33. The van der Waals surface area contributed by atoms with Gasteiger partial charge in [-0.25, -0.2) is 0 Å². The molecule has 1 heterocycles. The van der Waals surface area contributed by atoms with Gasteiger partial charge in [0.05, 0.1) is 0 Å². The molecule has 1 aliphatic rings. The van der Waals surface area contributed by atoms with Gasteiger partial charge < -0.3 is 5.32 Å². The summed E-state index contributed by atoms with van der Waals surface area (Å²) >= 11 is 0. The summed E-state index contributed by atoms with van der Waals surface area (Å²) in [4.78, 5) is 4.63. The highest BCUT2D eigenvalue weighted by atomic mass is 14.9. The van der Waals surface area contributed by atoms with Crippen molar-refractivity contribution in [1.29, 1.82) is 0 Å². The van der Waals surface area contributed by atoms with Gasteiger partial charge >= 0.3 is 0 Å². The van der Waals surface area contributed by atoms with Crippen molar-refractivity contribution in [1.82, 2.24) is 10.3 Å². The Labute approximate surface area is 127 Å². The van der Waals surface area contributed by atoms with Crippen molar-refractivity contribution in [3.8, 4) is 0 Å². The molecule has 110 valence electrons. The number of nitrogens with zero attached hydrogens (tertiary/aromatic N) is 1. The van der Waals surface area contributed by atoms with E-state index in [0.29, 0.717) is 12.0 Å². The van der Waals surface area contributed by atoms with E-state index >= 15 is 0 Å². The van der Waals surface area contributed by atoms with Gasteiger partial charge in [0.1, 0.15) is 0 Å². The van der Waals surface area contributed by atoms with Crippen molar-refractivity contribution in [3.05, 3.63) is 64.5 Å². The Bertz CT molecular complexity index is 633. The minimum atomic E-state index is 0.404. The molecule has 2 unspecified atom stereocenters. The van der Waals surface area contributed by atoms with Gasteiger partial charge in [0.2, 0.25) is 0 Å². The number of aromatic nitrogens is 1. The van der Waals surface area contributed by atoms with Crippen LogP contribution < -0.4 is 5.32 Å². The van der Waals surface area contributed by atoms with Crippen LogP contribution in [0.3, 0.4) is 0 Å². The lowest BCUT2D eigenvalue weighted by molar-refractivity contribution is 0.433. The van der Waals surface area contributed by atoms with Crippen LogP contribution >= 0.6 is 0 Å². The molecule has 2 nitrogen and oxygen atoms in total. The molecular formula is C19H24N2. The monoisotopic (exact) mass is 280 g/mol. The molecule has 1 N–H and O–H groups in total. The highest BCUT2D eigenvalue weighted by molar-refractivity contribution is 5.40. The molecule has 0 spiro atoms. The Morgan fingerprint density at radius 1 is 1.19 bits per heavy atom. The maximum atomic E-state index is 4.63. The predicted molar refractivity (Wildman–Crippen MR) is 87.6 cm³/mol. The van der Waals surface area contributed by atoms with Crippen LogP contribution in [0.1, 0.15) is 53.4 Å². The minimum Gasteiger partial charge on any atom is -0.310 e.